The highest BCUT2D eigenvalue weighted by Gasteiger charge is 2.12. The van der Waals surface area contributed by atoms with Gasteiger partial charge in [0, 0.05) is 19.2 Å². The van der Waals surface area contributed by atoms with Gasteiger partial charge in [0.25, 0.3) is 0 Å². The maximum atomic E-state index is 13.1. The van der Waals surface area contributed by atoms with Gasteiger partial charge < -0.3 is 10.1 Å². The van der Waals surface area contributed by atoms with Crippen LogP contribution in [0.2, 0.25) is 0 Å². The van der Waals surface area contributed by atoms with Crippen molar-refractivity contribution in [2.75, 3.05) is 13.7 Å². The van der Waals surface area contributed by atoms with Crippen LogP contribution in [0.5, 0.6) is 0 Å². The highest BCUT2D eigenvalue weighted by molar-refractivity contribution is 5.19. The molecule has 1 aromatic rings. The molecule has 96 valence electrons. The molecule has 1 N–H and O–H groups in total. The van der Waals surface area contributed by atoms with Crippen molar-refractivity contribution in [1.82, 2.24) is 5.32 Å². The Kier molecular flexibility index (Phi) is 6.16. The topological polar surface area (TPSA) is 21.3 Å². The Morgan fingerprint density at radius 1 is 1.41 bits per heavy atom. The molecule has 1 rings (SSSR count). The first kappa shape index (κ1) is 14.1. The summed E-state index contributed by atoms with van der Waals surface area (Å²) in [4.78, 5) is 0. The molecule has 0 aliphatic carbocycles. The molecule has 0 aliphatic rings. The molecule has 0 radical (unpaired) electrons. The molecule has 0 amide bonds. The summed E-state index contributed by atoms with van der Waals surface area (Å²) in [6.07, 6.45) is 2.17. The summed E-state index contributed by atoms with van der Waals surface area (Å²) < 4.78 is 18.3. The first-order chi connectivity index (χ1) is 8.17. The van der Waals surface area contributed by atoms with E-state index < -0.39 is 0 Å². The summed E-state index contributed by atoms with van der Waals surface area (Å²) in [6, 6.07) is 7.19. The lowest BCUT2D eigenvalue weighted by molar-refractivity contribution is 0.157. The van der Waals surface area contributed by atoms with Crippen LogP contribution in [0.4, 0.5) is 4.39 Å². The fourth-order valence-corrected chi connectivity index (χ4v) is 1.99. The van der Waals surface area contributed by atoms with Crippen LogP contribution in [0.1, 0.15) is 38.3 Å². The lowest BCUT2D eigenvalue weighted by Crippen LogP contribution is -2.35. The first-order valence-corrected chi connectivity index (χ1v) is 6.17. The highest BCUT2D eigenvalue weighted by Crippen LogP contribution is 2.15. The van der Waals surface area contributed by atoms with Crippen LogP contribution in [0.25, 0.3) is 0 Å². The third-order valence-electron chi connectivity index (χ3n) is 2.84. The van der Waals surface area contributed by atoms with Crippen molar-refractivity contribution in [2.24, 2.45) is 0 Å². The van der Waals surface area contributed by atoms with Crippen molar-refractivity contribution < 1.29 is 9.13 Å². The van der Waals surface area contributed by atoms with Crippen LogP contribution in [0.3, 0.4) is 0 Å². The average Bonchev–Trinajstić information content (AvgIpc) is 2.29. The molecule has 17 heavy (non-hydrogen) atoms. The van der Waals surface area contributed by atoms with E-state index in [0.717, 1.165) is 18.4 Å². The molecule has 0 spiro atoms. The molecule has 0 aliphatic heterocycles. The molecule has 2 nitrogen and oxygen atoms in total. The lowest BCUT2D eigenvalue weighted by atomic mass is 10.1. The second kappa shape index (κ2) is 7.41. The van der Waals surface area contributed by atoms with Crippen LogP contribution >= 0.6 is 0 Å². The van der Waals surface area contributed by atoms with Crippen molar-refractivity contribution in [3.63, 3.8) is 0 Å². The summed E-state index contributed by atoms with van der Waals surface area (Å²) in [5.74, 6) is -0.185. The van der Waals surface area contributed by atoms with E-state index in [1.54, 1.807) is 19.2 Å². The minimum atomic E-state index is -0.185. The smallest absolute Gasteiger partial charge is 0.123 e. The molecule has 0 saturated carbocycles. The standard InChI is InChI=1S/C14H22FNO/c1-4-6-14(10-17-3)16-11(2)12-7-5-8-13(15)9-12/h5,7-9,11,14,16H,4,6,10H2,1-3H3. The van der Waals surface area contributed by atoms with Gasteiger partial charge in [0.2, 0.25) is 0 Å². The van der Waals surface area contributed by atoms with Crippen molar-refractivity contribution in [2.45, 2.75) is 38.8 Å². The van der Waals surface area contributed by atoms with Gasteiger partial charge in [-0.1, -0.05) is 25.5 Å². The van der Waals surface area contributed by atoms with Crippen molar-refractivity contribution in [1.29, 1.82) is 0 Å². The Morgan fingerprint density at radius 2 is 2.18 bits per heavy atom. The van der Waals surface area contributed by atoms with Gasteiger partial charge in [-0.3, -0.25) is 0 Å². The number of hydrogen-bond donors (Lipinski definition) is 1. The summed E-state index contributed by atoms with van der Waals surface area (Å²) in [6.45, 7) is 4.89. The van der Waals surface area contributed by atoms with E-state index in [2.05, 4.69) is 12.2 Å². The van der Waals surface area contributed by atoms with Crippen LogP contribution in [0, 0.1) is 5.82 Å². The largest absolute Gasteiger partial charge is 0.383 e. The third kappa shape index (κ3) is 4.84. The molecule has 2 unspecified atom stereocenters. The van der Waals surface area contributed by atoms with E-state index in [9.17, 15) is 4.39 Å². The van der Waals surface area contributed by atoms with E-state index in [-0.39, 0.29) is 11.9 Å². The molecule has 0 bridgehead atoms. The molecule has 2 atom stereocenters. The predicted molar refractivity (Wildman–Crippen MR) is 68.5 cm³/mol. The van der Waals surface area contributed by atoms with E-state index in [1.807, 2.05) is 13.0 Å². The van der Waals surface area contributed by atoms with E-state index in [1.165, 1.54) is 6.07 Å². The molecule has 0 heterocycles. The number of halogens is 1. The van der Waals surface area contributed by atoms with Gasteiger partial charge in [-0.25, -0.2) is 4.39 Å². The maximum Gasteiger partial charge on any atom is 0.123 e. The number of hydrogen-bond acceptors (Lipinski definition) is 2. The lowest BCUT2D eigenvalue weighted by Gasteiger charge is -2.22. The van der Waals surface area contributed by atoms with Gasteiger partial charge >= 0.3 is 0 Å². The zero-order valence-electron chi connectivity index (χ0n) is 10.9. The van der Waals surface area contributed by atoms with Crippen molar-refractivity contribution >= 4 is 0 Å². The molecule has 1 aromatic carbocycles. The van der Waals surface area contributed by atoms with Crippen molar-refractivity contribution in [3.8, 4) is 0 Å². The summed E-state index contributed by atoms with van der Waals surface area (Å²) in [5, 5.41) is 3.47. The second-order valence-corrected chi connectivity index (χ2v) is 4.38. The monoisotopic (exact) mass is 239 g/mol. The SMILES string of the molecule is CCCC(COC)NC(C)c1cccc(F)c1. The normalized spacial score (nSPS) is 14.6. The van der Waals surface area contributed by atoms with Gasteiger partial charge in [-0.15, -0.1) is 0 Å². The Bertz CT molecular complexity index is 324. The van der Waals surface area contributed by atoms with Crippen LogP contribution < -0.4 is 5.32 Å². The van der Waals surface area contributed by atoms with E-state index in [0.29, 0.717) is 12.6 Å². The Morgan fingerprint density at radius 3 is 2.76 bits per heavy atom. The maximum absolute atomic E-state index is 13.1. The Labute approximate surface area is 103 Å². The molecule has 0 fully saturated rings. The summed E-state index contributed by atoms with van der Waals surface area (Å²) in [5.41, 5.74) is 0.974. The fourth-order valence-electron chi connectivity index (χ4n) is 1.99. The van der Waals surface area contributed by atoms with E-state index >= 15 is 0 Å². The molecule has 3 heteroatoms. The molecular formula is C14H22FNO. The fraction of sp³-hybridized carbons (Fsp3) is 0.571. The number of rotatable bonds is 7. The minimum absolute atomic E-state index is 0.136. The molecular weight excluding hydrogens is 217 g/mol. The number of nitrogens with one attached hydrogen (secondary N) is 1. The molecule has 0 aromatic heterocycles. The first-order valence-electron chi connectivity index (χ1n) is 6.17. The summed E-state index contributed by atoms with van der Waals surface area (Å²) >= 11 is 0. The van der Waals surface area contributed by atoms with Crippen LogP contribution in [-0.4, -0.2) is 19.8 Å². The molecule has 0 saturated heterocycles. The van der Waals surface area contributed by atoms with Gasteiger partial charge in [0.05, 0.1) is 6.61 Å². The second-order valence-electron chi connectivity index (χ2n) is 4.38. The van der Waals surface area contributed by atoms with Gasteiger partial charge in [0.15, 0.2) is 0 Å². The number of benzene rings is 1. The zero-order chi connectivity index (χ0) is 12.7. The van der Waals surface area contributed by atoms with Gasteiger partial charge in [-0.05, 0) is 31.0 Å². The van der Waals surface area contributed by atoms with Gasteiger partial charge in [-0.2, -0.15) is 0 Å². The van der Waals surface area contributed by atoms with E-state index in [4.69, 9.17) is 4.74 Å². The summed E-state index contributed by atoms with van der Waals surface area (Å²) in [7, 11) is 1.71. The Hall–Kier alpha value is -0.930. The average molecular weight is 239 g/mol. The third-order valence-corrected chi connectivity index (χ3v) is 2.84. The quantitative estimate of drug-likeness (QED) is 0.788. The Balaban J connectivity index is 2.59. The van der Waals surface area contributed by atoms with Crippen molar-refractivity contribution in [3.05, 3.63) is 35.6 Å². The van der Waals surface area contributed by atoms with Crippen LogP contribution in [0.15, 0.2) is 24.3 Å². The number of methoxy groups -OCH3 is 1. The zero-order valence-corrected chi connectivity index (χ0v) is 10.9. The minimum Gasteiger partial charge on any atom is -0.383 e. The van der Waals surface area contributed by atoms with Crippen LogP contribution in [-0.2, 0) is 4.74 Å². The number of ether oxygens (including phenoxy) is 1. The predicted octanol–water partition coefficient (Wildman–Crippen LogP) is 3.29. The van der Waals surface area contributed by atoms with Gasteiger partial charge in [0.1, 0.15) is 5.82 Å². The highest BCUT2D eigenvalue weighted by atomic mass is 19.1.